The fourth-order valence-corrected chi connectivity index (χ4v) is 2.97. The Morgan fingerprint density at radius 2 is 2.19 bits per heavy atom. The molecule has 0 atom stereocenters. The van der Waals surface area contributed by atoms with Crippen LogP contribution in [0, 0.1) is 0 Å². The maximum absolute atomic E-state index is 12.1. The molecule has 9 nitrogen and oxygen atoms in total. The van der Waals surface area contributed by atoms with E-state index >= 15 is 0 Å². The second-order valence-electron chi connectivity index (χ2n) is 5.43. The summed E-state index contributed by atoms with van der Waals surface area (Å²) in [7, 11) is 3.13. The van der Waals surface area contributed by atoms with Gasteiger partial charge in [0.05, 0.1) is 13.3 Å². The van der Waals surface area contributed by atoms with Crippen molar-refractivity contribution in [2.75, 3.05) is 12.5 Å². The lowest BCUT2D eigenvalue weighted by molar-refractivity contribution is 0.414. The number of hydrazone groups is 1. The number of H-pyrrole nitrogens is 1. The van der Waals surface area contributed by atoms with Gasteiger partial charge in [0.2, 0.25) is 5.95 Å². The van der Waals surface area contributed by atoms with E-state index in [2.05, 4.69) is 36.4 Å². The summed E-state index contributed by atoms with van der Waals surface area (Å²) in [6.45, 7) is 2.35. The van der Waals surface area contributed by atoms with Gasteiger partial charge in [0, 0.05) is 23.6 Å². The van der Waals surface area contributed by atoms with Gasteiger partial charge in [-0.05, 0) is 25.1 Å². The van der Waals surface area contributed by atoms with Crippen molar-refractivity contribution < 1.29 is 4.74 Å². The molecule has 1 aromatic carbocycles. The molecule has 2 heterocycles. The lowest BCUT2D eigenvalue weighted by Crippen LogP contribution is -2.29. The predicted octanol–water partition coefficient (Wildman–Crippen LogP) is 1.66. The molecule has 0 aliphatic carbocycles. The van der Waals surface area contributed by atoms with Gasteiger partial charge in [-0.25, -0.2) is 10.2 Å². The summed E-state index contributed by atoms with van der Waals surface area (Å²) in [5, 5.41) is 4.19. The van der Waals surface area contributed by atoms with E-state index in [4.69, 9.17) is 4.74 Å². The number of methoxy groups -OCH3 is 1. The standard InChI is InChI=1S/C16H17BrN6O3/c1-4-23-12-13(22(2)16(25)20-14(12)24)19-15(23)21-18-8-9-7-10(17)5-6-11(9)26-3/h5-8H,4H2,1-3H3,(H,19,21)(H,20,24,25). The Hall–Kier alpha value is -2.88. The first-order chi connectivity index (χ1) is 12.5. The first-order valence-electron chi connectivity index (χ1n) is 7.78. The van der Waals surface area contributed by atoms with E-state index in [1.807, 2.05) is 25.1 Å². The third-order valence-corrected chi connectivity index (χ3v) is 4.38. The van der Waals surface area contributed by atoms with Crippen molar-refractivity contribution in [3.05, 3.63) is 49.1 Å². The number of fused-ring (bicyclic) bond motifs is 1. The number of rotatable bonds is 5. The molecule has 3 rings (SSSR count). The third kappa shape index (κ3) is 3.15. The van der Waals surface area contributed by atoms with E-state index in [9.17, 15) is 9.59 Å². The van der Waals surface area contributed by atoms with Gasteiger partial charge in [-0.3, -0.25) is 14.3 Å². The van der Waals surface area contributed by atoms with Gasteiger partial charge in [-0.2, -0.15) is 10.1 Å². The van der Waals surface area contributed by atoms with Crippen molar-refractivity contribution in [3.63, 3.8) is 0 Å². The summed E-state index contributed by atoms with van der Waals surface area (Å²) in [6.07, 6.45) is 1.59. The maximum Gasteiger partial charge on any atom is 0.329 e. The molecular formula is C16H17BrN6O3. The first kappa shape index (κ1) is 17.9. The van der Waals surface area contributed by atoms with E-state index in [0.29, 0.717) is 29.4 Å². The van der Waals surface area contributed by atoms with Crippen molar-refractivity contribution in [1.82, 2.24) is 19.1 Å². The van der Waals surface area contributed by atoms with Crippen molar-refractivity contribution in [1.29, 1.82) is 0 Å². The number of aromatic nitrogens is 4. The minimum absolute atomic E-state index is 0.290. The number of aromatic amines is 1. The Balaban J connectivity index is 2.01. The van der Waals surface area contributed by atoms with Crippen LogP contribution >= 0.6 is 15.9 Å². The Labute approximate surface area is 156 Å². The monoisotopic (exact) mass is 420 g/mol. The zero-order valence-electron chi connectivity index (χ0n) is 14.4. The maximum atomic E-state index is 12.1. The van der Waals surface area contributed by atoms with Crippen LogP contribution in [-0.4, -0.2) is 32.4 Å². The van der Waals surface area contributed by atoms with Crippen LogP contribution in [0.25, 0.3) is 11.2 Å². The summed E-state index contributed by atoms with van der Waals surface area (Å²) in [4.78, 5) is 30.5. The number of nitrogens with zero attached hydrogens (tertiary/aromatic N) is 4. The molecule has 0 fully saturated rings. The molecule has 10 heteroatoms. The molecule has 0 saturated carbocycles. The molecule has 0 amide bonds. The summed E-state index contributed by atoms with van der Waals surface area (Å²) >= 11 is 3.41. The number of hydrogen-bond acceptors (Lipinski definition) is 6. The number of halogens is 1. The smallest absolute Gasteiger partial charge is 0.329 e. The number of hydrogen-bond donors (Lipinski definition) is 2. The Morgan fingerprint density at radius 1 is 1.42 bits per heavy atom. The van der Waals surface area contributed by atoms with Gasteiger partial charge in [0.25, 0.3) is 5.56 Å². The Morgan fingerprint density at radius 3 is 2.88 bits per heavy atom. The minimum atomic E-state index is -0.517. The van der Waals surface area contributed by atoms with Crippen molar-refractivity contribution in [2.24, 2.45) is 12.1 Å². The van der Waals surface area contributed by atoms with Gasteiger partial charge < -0.3 is 9.30 Å². The second-order valence-corrected chi connectivity index (χ2v) is 6.34. The number of aryl methyl sites for hydroxylation is 2. The van der Waals surface area contributed by atoms with Gasteiger partial charge >= 0.3 is 5.69 Å². The highest BCUT2D eigenvalue weighted by Gasteiger charge is 2.15. The number of nitrogens with one attached hydrogen (secondary N) is 2. The fourth-order valence-electron chi connectivity index (χ4n) is 2.59. The van der Waals surface area contributed by atoms with E-state index in [1.165, 1.54) is 4.57 Å². The van der Waals surface area contributed by atoms with Crippen molar-refractivity contribution in [2.45, 2.75) is 13.5 Å². The third-order valence-electron chi connectivity index (χ3n) is 3.88. The number of benzene rings is 1. The van der Waals surface area contributed by atoms with Crippen LogP contribution in [0.4, 0.5) is 5.95 Å². The molecule has 0 unspecified atom stereocenters. The van der Waals surface area contributed by atoms with E-state index < -0.39 is 11.2 Å². The molecule has 3 aromatic rings. The lowest BCUT2D eigenvalue weighted by atomic mass is 10.2. The minimum Gasteiger partial charge on any atom is -0.496 e. The fraction of sp³-hybridized carbons (Fsp3) is 0.250. The van der Waals surface area contributed by atoms with E-state index in [-0.39, 0.29) is 0 Å². The van der Waals surface area contributed by atoms with E-state index in [1.54, 1.807) is 24.9 Å². The number of imidazole rings is 1. The van der Waals surface area contributed by atoms with Crippen LogP contribution in [-0.2, 0) is 13.6 Å². The van der Waals surface area contributed by atoms with Gasteiger partial charge in [0.15, 0.2) is 11.2 Å². The van der Waals surface area contributed by atoms with Crippen LogP contribution in [0.1, 0.15) is 12.5 Å². The highest BCUT2D eigenvalue weighted by Crippen LogP contribution is 2.21. The first-order valence-corrected chi connectivity index (χ1v) is 8.57. The van der Waals surface area contributed by atoms with Crippen LogP contribution in [0.2, 0.25) is 0 Å². The molecule has 2 N–H and O–H groups in total. The van der Waals surface area contributed by atoms with Gasteiger partial charge in [0.1, 0.15) is 5.75 Å². The molecule has 0 saturated heterocycles. The molecule has 0 aliphatic rings. The average molecular weight is 421 g/mol. The summed E-state index contributed by atoms with van der Waals surface area (Å²) in [5.41, 5.74) is 3.19. The zero-order valence-corrected chi connectivity index (χ0v) is 16.0. The normalized spacial score (nSPS) is 11.4. The van der Waals surface area contributed by atoms with Gasteiger partial charge in [-0.15, -0.1) is 0 Å². The number of anilines is 1. The van der Waals surface area contributed by atoms with Crippen molar-refractivity contribution >= 4 is 39.3 Å². The molecular weight excluding hydrogens is 404 g/mol. The molecule has 0 radical (unpaired) electrons. The van der Waals surface area contributed by atoms with Crippen LogP contribution in [0.15, 0.2) is 37.4 Å². The summed E-state index contributed by atoms with van der Waals surface area (Å²) in [6, 6.07) is 5.55. The molecule has 0 bridgehead atoms. The molecule has 2 aromatic heterocycles. The topological polar surface area (TPSA) is 106 Å². The van der Waals surface area contributed by atoms with Crippen molar-refractivity contribution in [3.8, 4) is 5.75 Å². The van der Waals surface area contributed by atoms with E-state index in [0.717, 1.165) is 10.0 Å². The SMILES string of the molecule is CCn1c(NN=Cc2cc(Br)ccc2OC)nc2c1c(=O)[nH]c(=O)n2C. The Bertz CT molecular complexity index is 1110. The number of ether oxygens (including phenoxy) is 1. The zero-order chi connectivity index (χ0) is 18.8. The van der Waals surface area contributed by atoms with Crippen LogP contribution in [0.3, 0.4) is 0 Å². The molecule has 136 valence electrons. The molecule has 26 heavy (non-hydrogen) atoms. The van der Waals surface area contributed by atoms with Crippen LogP contribution in [0.5, 0.6) is 5.75 Å². The van der Waals surface area contributed by atoms with Crippen LogP contribution < -0.4 is 21.4 Å². The highest BCUT2D eigenvalue weighted by atomic mass is 79.9. The summed E-state index contributed by atoms with van der Waals surface area (Å²) < 4.78 is 9.13. The molecule has 0 aliphatic heterocycles. The van der Waals surface area contributed by atoms with Gasteiger partial charge in [-0.1, -0.05) is 15.9 Å². The summed E-state index contributed by atoms with van der Waals surface area (Å²) in [5.74, 6) is 1.03. The molecule has 0 spiro atoms. The lowest BCUT2D eigenvalue weighted by Gasteiger charge is -2.06. The quantitative estimate of drug-likeness (QED) is 0.482. The largest absolute Gasteiger partial charge is 0.496 e. The predicted molar refractivity (Wildman–Crippen MR) is 103 cm³/mol. The Kier molecular flexibility index (Phi) is 4.94. The average Bonchev–Trinajstić information content (AvgIpc) is 2.99. The highest BCUT2D eigenvalue weighted by molar-refractivity contribution is 9.10. The second kappa shape index (κ2) is 7.16.